The maximum Gasteiger partial charge on any atom is 0.328 e. The monoisotopic (exact) mass is 180 g/mol. The molecule has 0 rings (SSSR count). The van der Waals surface area contributed by atoms with E-state index in [-0.39, 0.29) is 0 Å². The predicted octanol–water partition coefficient (Wildman–Crippen LogP) is 0.341. The average molecular weight is 181 g/mol. The zero-order valence-corrected chi connectivity index (χ0v) is 5.50. The number of rotatable bonds is 2. The summed E-state index contributed by atoms with van der Waals surface area (Å²) in [4.78, 5) is 9.68. The van der Waals surface area contributed by atoms with Crippen LogP contribution in [0.25, 0.3) is 0 Å². The summed E-state index contributed by atoms with van der Waals surface area (Å²) in [5, 5.41) is 15.4. The van der Waals surface area contributed by atoms with Crippen LogP contribution < -0.4 is 0 Å². The van der Waals surface area contributed by atoms with Crippen LogP contribution >= 0.6 is 15.9 Å². The van der Waals surface area contributed by atoms with E-state index < -0.39 is 11.0 Å². The van der Waals surface area contributed by atoms with Crippen LogP contribution in [0, 0.1) is 0 Å². The number of carboxylic acid groups (broad SMARTS) is 1. The summed E-state index contributed by atoms with van der Waals surface area (Å²) in [6, 6.07) is 0. The summed E-state index contributed by atoms with van der Waals surface area (Å²) in [5.41, 5.74) is 0. The van der Waals surface area contributed by atoms with E-state index in [9.17, 15) is 4.79 Å². The van der Waals surface area contributed by atoms with Gasteiger partial charge in [0.2, 0.25) is 0 Å². The van der Waals surface area contributed by atoms with Crippen molar-refractivity contribution in [1.29, 1.82) is 0 Å². The van der Waals surface area contributed by atoms with Gasteiger partial charge in [-0.1, -0.05) is 15.9 Å². The van der Waals surface area contributed by atoms with Crippen molar-refractivity contribution < 1.29 is 15.0 Å². The van der Waals surface area contributed by atoms with Crippen LogP contribution in [0.1, 0.15) is 0 Å². The molecule has 0 bridgehead atoms. The number of carboxylic acids is 1. The molecular formula is C4H5BrO3. The largest absolute Gasteiger partial charge is 0.478 e. The van der Waals surface area contributed by atoms with Crippen molar-refractivity contribution in [3.8, 4) is 0 Å². The standard InChI is InChI=1S/C4H5BrO3/c5-3(6)1-2-4(7)8/h1-3,6H,(H,7,8). The molecule has 0 aliphatic heterocycles. The van der Waals surface area contributed by atoms with Gasteiger partial charge in [0.25, 0.3) is 0 Å². The Morgan fingerprint density at radius 1 is 1.75 bits per heavy atom. The third-order valence-electron chi connectivity index (χ3n) is 0.398. The summed E-state index contributed by atoms with van der Waals surface area (Å²) in [6.07, 6.45) is 1.97. The molecule has 2 N–H and O–H groups in total. The zero-order valence-electron chi connectivity index (χ0n) is 3.91. The Morgan fingerprint density at radius 2 is 2.25 bits per heavy atom. The fourth-order valence-corrected chi connectivity index (χ4v) is 0.314. The van der Waals surface area contributed by atoms with Gasteiger partial charge in [-0.3, -0.25) is 0 Å². The molecule has 8 heavy (non-hydrogen) atoms. The molecule has 0 aliphatic rings. The lowest BCUT2D eigenvalue weighted by molar-refractivity contribution is -0.131. The number of aliphatic carboxylic acids is 1. The summed E-state index contributed by atoms with van der Waals surface area (Å²) >= 11 is 2.71. The van der Waals surface area contributed by atoms with Crippen LogP contribution in [0.5, 0.6) is 0 Å². The molecule has 0 spiro atoms. The fraction of sp³-hybridized carbons (Fsp3) is 0.250. The van der Waals surface area contributed by atoms with E-state index in [1.807, 2.05) is 0 Å². The van der Waals surface area contributed by atoms with Crippen LogP contribution in [0.15, 0.2) is 12.2 Å². The molecule has 0 aromatic heterocycles. The van der Waals surface area contributed by atoms with E-state index >= 15 is 0 Å². The molecular weight excluding hydrogens is 176 g/mol. The normalized spacial score (nSPS) is 14.2. The van der Waals surface area contributed by atoms with Crippen molar-refractivity contribution in [2.24, 2.45) is 0 Å². The molecule has 0 heterocycles. The van der Waals surface area contributed by atoms with Gasteiger partial charge in [0.1, 0.15) is 5.01 Å². The lowest BCUT2D eigenvalue weighted by Crippen LogP contribution is -1.91. The number of aliphatic hydroxyl groups excluding tert-OH is 1. The molecule has 0 saturated heterocycles. The summed E-state index contributed by atoms with van der Waals surface area (Å²) in [5.74, 6) is -1.07. The number of hydrogen-bond acceptors (Lipinski definition) is 2. The Kier molecular flexibility index (Phi) is 3.47. The van der Waals surface area contributed by atoms with Gasteiger partial charge in [0, 0.05) is 6.08 Å². The van der Waals surface area contributed by atoms with Crippen LogP contribution in [-0.2, 0) is 4.79 Å². The van der Waals surface area contributed by atoms with Crippen LogP contribution in [0.3, 0.4) is 0 Å². The zero-order chi connectivity index (χ0) is 6.57. The second kappa shape index (κ2) is 3.63. The maximum absolute atomic E-state index is 9.68. The Labute approximate surface area is 54.8 Å². The van der Waals surface area contributed by atoms with Crippen molar-refractivity contribution in [2.45, 2.75) is 5.01 Å². The Morgan fingerprint density at radius 3 is 2.38 bits per heavy atom. The number of alkyl halides is 1. The van der Waals surface area contributed by atoms with Gasteiger partial charge in [-0.2, -0.15) is 0 Å². The molecule has 46 valence electrons. The number of halogens is 1. The number of hydrogen-bond donors (Lipinski definition) is 2. The lowest BCUT2D eigenvalue weighted by Gasteiger charge is -1.86. The first-order valence-electron chi connectivity index (χ1n) is 1.86. The Bertz CT molecular complexity index is 108. The molecule has 1 unspecified atom stereocenters. The molecule has 3 nitrogen and oxygen atoms in total. The minimum Gasteiger partial charge on any atom is -0.478 e. The summed E-state index contributed by atoms with van der Waals surface area (Å²) in [7, 11) is 0. The van der Waals surface area contributed by atoms with E-state index in [0.717, 1.165) is 12.2 Å². The third-order valence-corrected chi connectivity index (χ3v) is 0.703. The third kappa shape index (κ3) is 5.65. The van der Waals surface area contributed by atoms with Crippen LogP contribution in [0.4, 0.5) is 0 Å². The van der Waals surface area contributed by atoms with Crippen LogP contribution in [0.2, 0.25) is 0 Å². The molecule has 0 aromatic carbocycles. The molecule has 0 amide bonds. The van der Waals surface area contributed by atoms with E-state index in [2.05, 4.69) is 15.9 Å². The smallest absolute Gasteiger partial charge is 0.328 e. The number of aliphatic hydroxyl groups is 1. The lowest BCUT2D eigenvalue weighted by atomic mass is 10.5. The first kappa shape index (κ1) is 7.65. The summed E-state index contributed by atoms with van der Waals surface area (Å²) < 4.78 is 0. The topological polar surface area (TPSA) is 57.5 Å². The van der Waals surface area contributed by atoms with E-state index in [1.165, 1.54) is 0 Å². The minimum atomic E-state index is -1.07. The van der Waals surface area contributed by atoms with Crippen molar-refractivity contribution in [3.05, 3.63) is 12.2 Å². The van der Waals surface area contributed by atoms with Crippen molar-refractivity contribution in [1.82, 2.24) is 0 Å². The highest BCUT2D eigenvalue weighted by atomic mass is 79.9. The second-order valence-electron chi connectivity index (χ2n) is 1.07. The van der Waals surface area contributed by atoms with Gasteiger partial charge >= 0.3 is 5.97 Å². The quantitative estimate of drug-likeness (QED) is 0.477. The first-order chi connectivity index (χ1) is 3.63. The van der Waals surface area contributed by atoms with Gasteiger partial charge in [-0.25, -0.2) is 4.79 Å². The van der Waals surface area contributed by atoms with E-state index in [4.69, 9.17) is 10.2 Å². The van der Waals surface area contributed by atoms with Gasteiger partial charge in [-0.15, -0.1) is 0 Å². The van der Waals surface area contributed by atoms with Gasteiger partial charge in [0.15, 0.2) is 0 Å². The van der Waals surface area contributed by atoms with E-state index in [0.29, 0.717) is 0 Å². The SMILES string of the molecule is O=C(O)C=CC(O)Br. The highest BCUT2D eigenvalue weighted by Crippen LogP contribution is 1.93. The molecule has 0 fully saturated rings. The molecule has 4 heteroatoms. The van der Waals surface area contributed by atoms with Crippen molar-refractivity contribution in [3.63, 3.8) is 0 Å². The maximum atomic E-state index is 9.68. The summed E-state index contributed by atoms with van der Waals surface area (Å²) in [6.45, 7) is 0. The predicted molar refractivity (Wildman–Crippen MR) is 31.7 cm³/mol. The highest BCUT2D eigenvalue weighted by Gasteiger charge is 1.89. The minimum absolute atomic E-state index is 0.861. The van der Waals surface area contributed by atoms with Gasteiger partial charge in [-0.05, 0) is 6.08 Å². The highest BCUT2D eigenvalue weighted by molar-refractivity contribution is 9.09. The first-order valence-corrected chi connectivity index (χ1v) is 2.78. The second-order valence-corrected chi connectivity index (χ2v) is 2.01. The van der Waals surface area contributed by atoms with Crippen molar-refractivity contribution >= 4 is 21.9 Å². The Hall–Kier alpha value is -0.350. The van der Waals surface area contributed by atoms with E-state index in [1.54, 1.807) is 0 Å². The Balaban J connectivity index is 3.50. The number of carbonyl (C=O) groups is 1. The molecule has 0 aliphatic carbocycles. The van der Waals surface area contributed by atoms with Gasteiger partial charge in [0.05, 0.1) is 0 Å². The van der Waals surface area contributed by atoms with Crippen LogP contribution in [-0.4, -0.2) is 21.2 Å². The van der Waals surface area contributed by atoms with Gasteiger partial charge < -0.3 is 10.2 Å². The average Bonchev–Trinajstić information content (AvgIpc) is 1.61. The fourth-order valence-electron chi connectivity index (χ4n) is 0.162. The molecule has 0 radical (unpaired) electrons. The molecule has 0 saturated carbocycles. The molecule has 1 atom stereocenters. The molecule has 0 aromatic rings. The van der Waals surface area contributed by atoms with Crippen molar-refractivity contribution in [2.75, 3.05) is 0 Å².